The van der Waals surface area contributed by atoms with Gasteiger partial charge in [-0.25, -0.2) is 10.5 Å². The van der Waals surface area contributed by atoms with Gasteiger partial charge in [0, 0.05) is 42.5 Å². The van der Waals surface area contributed by atoms with E-state index in [9.17, 15) is 4.79 Å². The Kier molecular flexibility index (Phi) is 4.73. The second-order valence-corrected chi connectivity index (χ2v) is 6.66. The average Bonchev–Trinajstić information content (AvgIpc) is 3.10. The van der Waals surface area contributed by atoms with Gasteiger partial charge in [-0.3, -0.25) is 14.9 Å². The summed E-state index contributed by atoms with van der Waals surface area (Å²) in [5.74, 6) is 0.125. The van der Waals surface area contributed by atoms with Gasteiger partial charge in [0.1, 0.15) is 0 Å². The summed E-state index contributed by atoms with van der Waals surface area (Å²) < 4.78 is 5.14. The number of amides is 1. The summed E-state index contributed by atoms with van der Waals surface area (Å²) >= 11 is 0. The first-order chi connectivity index (χ1) is 12.0. The molecule has 1 fully saturated rings. The molecule has 8 heteroatoms. The Morgan fingerprint density at radius 3 is 2.92 bits per heavy atom. The Hall–Kier alpha value is -2.45. The van der Waals surface area contributed by atoms with Crippen molar-refractivity contribution in [3.05, 3.63) is 24.4 Å². The number of methoxy groups -OCH3 is 1. The van der Waals surface area contributed by atoms with Crippen LogP contribution in [0.4, 0.5) is 5.69 Å². The van der Waals surface area contributed by atoms with Gasteiger partial charge in [0.05, 0.1) is 12.6 Å². The van der Waals surface area contributed by atoms with Gasteiger partial charge in [-0.1, -0.05) is 0 Å². The molecule has 0 aromatic carbocycles. The van der Waals surface area contributed by atoms with E-state index in [0.717, 1.165) is 24.0 Å². The maximum atomic E-state index is 11.9. The highest BCUT2D eigenvalue weighted by Crippen LogP contribution is 2.27. The molecule has 2 aromatic heterocycles. The number of anilines is 1. The van der Waals surface area contributed by atoms with Crippen molar-refractivity contribution in [1.82, 2.24) is 20.3 Å². The first kappa shape index (κ1) is 17.4. The number of hydrogen-bond donors (Lipinski definition) is 3. The van der Waals surface area contributed by atoms with Crippen molar-refractivity contribution in [2.75, 3.05) is 25.5 Å². The lowest BCUT2D eigenvalue weighted by Gasteiger charge is -2.33. The third-order valence-corrected chi connectivity index (χ3v) is 4.78. The molecule has 0 bridgehead atoms. The minimum absolute atomic E-state index is 0.193. The first-order valence-corrected chi connectivity index (χ1v) is 8.21. The topological polar surface area (TPSA) is 99.6 Å². The van der Waals surface area contributed by atoms with Crippen LogP contribution in [0.25, 0.3) is 11.0 Å². The summed E-state index contributed by atoms with van der Waals surface area (Å²) in [7, 11) is 1.58. The largest absolute Gasteiger partial charge is 0.481 e. The highest BCUT2D eigenvalue weighted by atomic mass is 16.5. The van der Waals surface area contributed by atoms with Gasteiger partial charge in [-0.2, -0.15) is 4.98 Å². The Morgan fingerprint density at radius 1 is 1.40 bits per heavy atom. The van der Waals surface area contributed by atoms with Crippen molar-refractivity contribution in [2.24, 2.45) is 0 Å². The summed E-state index contributed by atoms with van der Waals surface area (Å²) in [5.41, 5.74) is 2.57. The predicted octanol–water partition coefficient (Wildman–Crippen LogP) is 1.41. The Labute approximate surface area is 146 Å². The lowest BCUT2D eigenvalue weighted by Crippen LogP contribution is -2.53. The second-order valence-electron chi connectivity index (χ2n) is 6.66. The predicted molar refractivity (Wildman–Crippen MR) is 93.7 cm³/mol. The smallest absolute Gasteiger partial charge is 0.263 e. The molecule has 0 aliphatic carbocycles. The van der Waals surface area contributed by atoms with E-state index < -0.39 is 11.4 Å². The van der Waals surface area contributed by atoms with Gasteiger partial charge in [0.25, 0.3) is 5.91 Å². The van der Waals surface area contributed by atoms with E-state index in [1.165, 1.54) is 0 Å². The van der Waals surface area contributed by atoms with Crippen LogP contribution in [0, 0.1) is 0 Å². The van der Waals surface area contributed by atoms with Gasteiger partial charge in [0.15, 0.2) is 5.65 Å². The third kappa shape index (κ3) is 3.35. The number of carbonyl (C=O) groups is 1. The quantitative estimate of drug-likeness (QED) is 0.556. The molecule has 2 aromatic rings. The molecule has 1 aliphatic heterocycles. The molecule has 0 radical (unpaired) electrons. The van der Waals surface area contributed by atoms with Crippen LogP contribution in [0.15, 0.2) is 24.4 Å². The van der Waals surface area contributed by atoms with Crippen molar-refractivity contribution < 1.29 is 14.7 Å². The van der Waals surface area contributed by atoms with Crippen molar-refractivity contribution in [2.45, 2.75) is 31.8 Å². The van der Waals surface area contributed by atoms with E-state index in [0.29, 0.717) is 18.1 Å². The normalized spacial score (nSPS) is 18.3. The lowest BCUT2D eigenvalue weighted by atomic mass is 10.0. The van der Waals surface area contributed by atoms with Crippen LogP contribution >= 0.6 is 0 Å². The summed E-state index contributed by atoms with van der Waals surface area (Å²) in [6.45, 7) is 5.08. The second kappa shape index (κ2) is 6.81. The van der Waals surface area contributed by atoms with Crippen LogP contribution in [0.5, 0.6) is 5.88 Å². The van der Waals surface area contributed by atoms with Crippen LogP contribution in [-0.2, 0) is 4.79 Å². The van der Waals surface area contributed by atoms with Gasteiger partial charge >= 0.3 is 0 Å². The van der Waals surface area contributed by atoms with E-state index in [1.807, 2.05) is 18.2 Å². The average molecular weight is 345 g/mol. The van der Waals surface area contributed by atoms with E-state index in [2.05, 4.69) is 20.2 Å². The van der Waals surface area contributed by atoms with E-state index in [4.69, 9.17) is 9.94 Å². The first-order valence-electron chi connectivity index (χ1n) is 8.21. The number of aromatic nitrogens is 2. The van der Waals surface area contributed by atoms with Crippen molar-refractivity contribution in [1.29, 1.82) is 0 Å². The molecule has 0 saturated carbocycles. The summed E-state index contributed by atoms with van der Waals surface area (Å²) in [6, 6.07) is 5.86. The minimum atomic E-state index is -0.763. The number of nitrogens with zero attached hydrogens (tertiary/aromatic N) is 3. The molecule has 1 atom stereocenters. The number of hydroxylamine groups is 1. The number of carbonyl (C=O) groups excluding carboxylic acids is 1. The standard InChI is InChI=1S/C17H23N5O3/c1-17(2,16(23)21-24)22-9-7-11(10-22)19-13-6-8-18-15-12(13)4-5-14(20-15)25-3/h4-6,8,11,24H,7,9-10H2,1-3H3,(H,21,23)(H,18,19,20)/t11-/m0/s1. The van der Waals surface area contributed by atoms with E-state index in [1.54, 1.807) is 32.6 Å². The monoisotopic (exact) mass is 345 g/mol. The van der Waals surface area contributed by atoms with Gasteiger partial charge in [0.2, 0.25) is 5.88 Å². The minimum Gasteiger partial charge on any atom is -0.481 e. The number of hydrogen-bond acceptors (Lipinski definition) is 7. The number of ether oxygens (including phenoxy) is 1. The van der Waals surface area contributed by atoms with Crippen molar-refractivity contribution in [3.63, 3.8) is 0 Å². The van der Waals surface area contributed by atoms with Crippen LogP contribution in [0.2, 0.25) is 0 Å². The van der Waals surface area contributed by atoms with Crippen LogP contribution < -0.4 is 15.5 Å². The molecule has 0 unspecified atom stereocenters. The maximum Gasteiger partial charge on any atom is 0.263 e. The zero-order valence-electron chi connectivity index (χ0n) is 14.6. The molecular weight excluding hydrogens is 322 g/mol. The SMILES string of the molecule is COc1ccc2c(N[C@H]3CCN(C(C)(C)C(=O)NO)C3)ccnc2n1. The summed E-state index contributed by atoms with van der Waals surface area (Å²) in [6.07, 6.45) is 2.61. The molecule has 1 saturated heterocycles. The number of likely N-dealkylation sites (tertiary alicyclic amines) is 1. The Balaban J connectivity index is 1.76. The fourth-order valence-corrected chi connectivity index (χ4v) is 3.14. The van der Waals surface area contributed by atoms with Crippen LogP contribution in [-0.4, -0.2) is 57.8 Å². The van der Waals surface area contributed by atoms with Gasteiger partial charge in [-0.15, -0.1) is 0 Å². The number of fused-ring (bicyclic) bond motifs is 1. The lowest BCUT2D eigenvalue weighted by molar-refractivity contribution is -0.139. The summed E-state index contributed by atoms with van der Waals surface area (Å²) in [5, 5.41) is 13.4. The van der Waals surface area contributed by atoms with Gasteiger partial charge in [-0.05, 0) is 32.4 Å². The molecule has 134 valence electrons. The highest BCUT2D eigenvalue weighted by Gasteiger charge is 2.39. The molecule has 8 nitrogen and oxygen atoms in total. The zero-order valence-corrected chi connectivity index (χ0v) is 14.6. The summed E-state index contributed by atoms with van der Waals surface area (Å²) in [4.78, 5) is 22.6. The molecule has 3 heterocycles. The highest BCUT2D eigenvalue weighted by molar-refractivity contribution is 5.89. The zero-order chi connectivity index (χ0) is 18.0. The Bertz CT molecular complexity index is 780. The fourth-order valence-electron chi connectivity index (χ4n) is 3.14. The molecule has 3 rings (SSSR count). The van der Waals surface area contributed by atoms with Gasteiger partial charge < -0.3 is 10.1 Å². The Morgan fingerprint density at radius 2 is 2.20 bits per heavy atom. The van der Waals surface area contributed by atoms with Crippen molar-refractivity contribution in [3.8, 4) is 5.88 Å². The van der Waals surface area contributed by atoms with Crippen LogP contribution in [0.1, 0.15) is 20.3 Å². The van der Waals surface area contributed by atoms with Crippen molar-refractivity contribution >= 4 is 22.6 Å². The van der Waals surface area contributed by atoms with E-state index in [-0.39, 0.29) is 6.04 Å². The number of nitrogens with one attached hydrogen (secondary N) is 2. The fraction of sp³-hybridized carbons (Fsp3) is 0.471. The molecule has 1 amide bonds. The number of pyridine rings is 2. The molecule has 0 spiro atoms. The molecule has 3 N–H and O–H groups in total. The molecular formula is C17H23N5O3. The third-order valence-electron chi connectivity index (χ3n) is 4.78. The van der Waals surface area contributed by atoms with E-state index >= 15 is 0 Å². The number of rotatable bonds is 5. The molecule has 1 aliphatic rings. The molecule has 25 heavy (non-hydrogen) atoms. The maximum absolute atomic E-state index is 11.9. The van der Waals surface area contributed by atoms with Crippen LogP contribution in [0.3, 0.4) is 0 Å².